The number of carbonyl (C=O) groups is 1. The third-order valence-corrected chi connectivity index (χ3v) is 5.05. The van der Waals surface area contributed by atoms with Gasteiger partial charge in [-0.1, -0.05) is 24.3 Å². The van der Waals surface area contributed by atoms with E-state index in [-0.39, 0.29) is 11.9 Å². The van der Waals surface area contributed by atoms with E-state index in [9.17, 15) is 4.79 Å². The van der Waals surface area contributed by atoms with Gasteiger partial charge in [-0.15, -0.1) is 0 Å². The van der Waals surface area contributed by atoms with Gasteiger partial charge in [-0.05, 0) is 48.0 Å². The molecule has 4 rings (SSSR count). The second kappa shape index (κ2) is 8.79. The fourth-order valence-corrected chi connectivity index (χ4v) is 3.33. The molecule has 7 nitrogen and oxygen atoms in total. The molecule has 0 radical (unpaired) electrons. The quantitative estimate of drug-likeness (QED) is 0.590. The predicted octanol–water partition coefficient (Wildman–Crippen LogP) is 4.06. The van der Waals surface area contributed by atoms with Gasteiger partial charge < -0.3 is 25.3 Å². The number of hydrogen-bond acceptors (Lipinski definition) is 6. The minimum absolute atomic E-state index is 0.148. The van der Waals surface area contributed by atoms with E-state index in [2.05, 4.69) is 5.32 Å². The van der Waals surface area contributed by atoms with Crippen molar-refractivity contribution in [2.75, 3.05) is 31.9 Å². The molecule has 0 fully saturated rings. The monoisotopic (exact) mass is 417 g/mol. The summed E-state index contributed by atoms with van der Waals surface area (Å²) < 4.78 is 16.4. The summed E-state index contributed by atoms with van der Waals surface area (Å²) in [4.78, 5) is 17.2. The highest BCUT2D eigenvalue weighted by molar-refractivity contribution is 6.05. The third-order valence-electron chi connectivity index (χ3n) is 5.05. The number of nitrogens with two attached hydrogens (primary N) is 1. The Labute approximate surface area is 180 Å². The number of amides is 1. The largest absolute Gasteiger partial charge is 0.493 e. The maximum absolute atomic E-state index is 12.5. The normalized spacial score (nSPS) is 15.0. The first-order chi connectivity index (χ1) is 15.1. The average Bonchev–Trinajstić information content (AvgIpc) is 3.30. The lowest BCUT2D eigenvalue weighted by molar-refractivity contribution is 0.102. The average molecular weight is 417 g/mol. The molecular formula is C24H23N3O4. The minimum Gasteiger partial charge on any atom is -0.493 e. The molecule has 3 aromatic rings. The second-order valence-corrected chi connectivity index (χ2v) is 6.99. The van der Waals surface area contributed by atoms with E-state index in [4.69, 9.17) is 24.9 Å². The van der Waals surface area contributed by atoms with Crippen molar-refractivity contribution in [2.45, 2.75) is 6.04 Å². The molecule has 158 valence electrons. The molecule has 1 aliphatic rings. The van der Waals surface area contributed by atoms with Gasteiger partial charge in [0.2, 0.25) is 5.90 Å². The van der Waals surface area contributed by atoms with Gasteiger partial charge in [0.05, 0.1) is 25.6 Å². The standard InChI is InChI=1S/C24H23N3O4/c1-29-21-12-11-17(13-22(21)30-2)24-27-20(14-31-24)15-7-9-16(10-8-15)23(28)26-19-6-4-3-5-18(19)25/h3-13,20H,14,25H2,1-2H3,(H,26,28). The molecule has 0 aliphatic carbocycles. The molecule has 31 heavy (non-hydrogen) atoms. The molecular weight excluding hydrogens is 394 g/mol. The van der Waals surface area contributed by atoms with Crippen molar-refractivity contribution >= 4 is 23.2 Å². The van der Waals surface area contributed by atoms with Crippen LogP contribution in [-0.2, 0) is 4.74 Å². The highest BCUT2D eigenvalue weighted by atomic mass is 16.5. The first kappa shape index (κ1) is 20.3. The van der Waals surface area contributed by atoms with Crippen LogP contribution in [0.2, 0.25) is 0 Å². The maximum Gasteiger partial charge on any atom is 0.255 e. The number of ether oxygens (including phenoxy) is 3. The lowest BCUT2D eigenvalue weighted by atomic mass is 10.1. The smallest absolute Gasteiger partial charge is 0.255 e. The SMILES string of the molecule is COc1ccc(C2=NC(c3ccc(C(=O)Nc4ccccc4N)cc3)CO2)cc1OC. The fourth-order valence-electron chi connectivity index (χ4n) is 3.33. The Kier molecular flexibility index (Phi) is 5.75. The third kappa shape index (κ3) is 4.30. The van der Waals surface area contributed by atoms with Gasteiger partial charge in [0.1, 0.15) is 12.6 Å². The van der Waals surface area contributed by atoms with Gasteiger partial charge in [0, 0.05) is 11.1 Å². The van der Waals surface area contributed by atoms with Gasteiger partial charge >= 0.3 is 0 Å². The zero-order valence-electron chi connectivity index (χ0n) is 17.3. The van der Waals surface area contributed by atoms with Crippen LogP contribution in [0.4, 0.5) is 11.4 Å². The second-order valence-electron chi connectivity index (χ2n) is 6.99. The summed E-state index contributed by atoms with van der Waals surface area (Å²) in [6, 6.07) is 19.9. The highest BCUT2D eigenvalue weighted by Crippen LogP contribution is 2.31. The Balaban J connectivity index is 1.48. The van der Waals surface area contributed by atoms with Crippen molar-refractivity contribution in [2.24, 2.45) is 4.99 Å². The highest BCUT2D eigenvalue weighted by Gasteiger charge is 2.23. The summed E-state index contributed by atoms with van der Waals surface area (Å²) in [7, 11) is 3.18. The van der Waals surface area contributed by atoms with Crippen LogP contribution in [-0.4, -0.2) is 32.6 Å². The Morgan fingerprint density at radius 1 is 1.03 bits per heavy atom. The number of para-hydroxylation sites is 2. The van der Waals surface area contributed by atoms with E-state index in [0.717, 1.165) is 11.1 Å². The molecule has 3 aromatic carbocycles. The summed E-state index contributed by atoms with van der Waals surface area (Å²) in [5.74, 6) is 1.59. The molecule has 1 unspecified atom stereocenters. The van der Waals surface area contributed by atoms with Crippen LogP contribution in [0.3, 0.4) is 0 Å². The van der Waals surface area contributed by atoms with Crippen molar-refractivity contribution in [3.05, 3.63) is 83.4 Å². The lowest BCUT2D eigenvalue weighted by Crippen LogP contribution is -2.13. The zero-order valence-corrected chi connectivity index (χ0v) is 17.3. The molecule has 1 amide bonds. The van der Waals surface area contributed by atoms with Gasteiger partial charge in [0.25, 0.3) is 5.91 Å². The fraction of sp³-hybridized carbons (Fsp3) is 0.167. The number of aliphatic imine (C=N–C) groups is 1. The van der Waals surface area contributed by atoms with Crippen LogP contribution in [0.5, 0.6) is 11.5 Å². The lowest BCUT2D eigenvalue weighted by Gasteiger charge is -2.09. The molecule has 1 heterocycles. The van der Waals surface area contributed by atoms with Crippen LogP contribution in [0.15, 0.2) is 71.7 Å². The van der Waals surface area contributed by atoms with E-state index >= 15 is 0 Å². The first-order valence-electron chi connectivity index (χ1n) is 9.78. The van der Waals surface area contributed by atoms with Crippen molar-refractivity contribution < 1.29 is 19.0 Å². The van der Waals surface area contributed by atoms with Crippen molar-refractivity contribution in [3.8, 4) is 11.5 Å². The van der Waals surface area contributed by atoms with Gasteiger partial charge in [-0.2, -0.15) is 0 Å². The first-order valence-corrected chi connectivity index (χ1v) is 9.78. The van der Waals surface area contributed by atoms with Crippen molar-refractivity contribution in [1.29, 1.82) is 0 Å². The Bertz CT molecular complexity index is 1130. The summed E-state index contributed by atoms with van der Waals surface area (Å²) >= 11 is 0. The zero-order chi connectivity index (χ0) is 21.8. The molecule has 0 spiro atoms. The molecule has 7 heteroatoms. The number of benzene rings is 3. The van der Waals surface area contributed by atoms with E-state index in [0.29, 0.717) is 40.9 Å². The Morgan fingerprint density at radius 2 is 1.77 bits per heavy atom. The summed E-state index contributed by atoms with van der Waals surface area (Å²) in [5.41, 5.74) is 9.32. The van der Waals surface area contributed by atoms with Gasteiger partial charge in [0.15, 0.2) is 11.5 Å². The Morgan fingerprint density at radius 3 is 2.48 bits per heavy atom. The minimum atomic E-state index is -0.221. The molecule has 1 aliphatic heterocycles. The number of nitrogen functional groups attached to an aromatic ring is 1. The predicted molar refractivity (Wildman–Crippen MR) is 120 cm³/mol. The van der Waals surface area contributed by atoms with Crippen LogP contribution in [0.1, 0.15) is 27.5 Å². The van der Waals surface area contributed by atoms with E-state index in [1.807, 2.05) is 42.5 Å². The number of carbonyl (C=O) groups excluding carboxylic acids is 1. The van der Waals surface area contributed by atoms with E-state index in [1.165, 1.54) is 0 Å². The number of rotatable bonds is 6. The molecule has 0 saturated heterocycles. The number of nitrogens with zero attached hydrogens (tertiary/aromatic N) is 1. The molecule has 0 aromatic heterocycles. The summed E-state index contributed by atoms with van der Waals surface area (Å²) in [6.07, 6.45) is 0. The number of anilines is 2. The molecule has 3 N–H and O–H groups in total. The topological polar surface area (TPSA) is 95.2 Å². The van der Waals surface area contributed by atoms with E-state index in [1.54, 1.807) is 38.5 Å². The van der Waals surface area contributed by atoms with Crippen LogP contribution in [0.25, 0.3) is 0 Å². The van der Waals surface area contributed by atoms with Gasteiger partial charge in [-0.3, -0.25) is 4.79 Å². The van der Waals surface area contributed by atoms with Crippen LogP contribution in [0, 0.1) is 0 Å². The van der Waals surface area contributed by atoms with Crippen LogP contribution >= 0.6 is 0 Å². The summed E-state index contributed by atoms with van der Waals surface area (Å²) in [6.45, 7) is 0.426. The van der Waals surface area contributed by atoms with Crippen molar-refractivity contribution in [3.63, 3.8) is 0 Å². The summed E-state index contributed by atoms with van der Waals surface area (Å²) in [5, 5.41) is 2.83. The molecule has 0 saturated carbocycles. The van der Waals surface area contributed by atoms with E-state index < -0.39 is 0 Å². The molecule has 0 bridgehead atoms. The van der Waals surface area contributed by atoms with Gasteiger partial charge in [-0.25, -0.2) is 4.99 Å². The van der Waals surface area contributed by atoms with Crippen LogP contribution < -0.4 is 20.5 Å². The number of hydrogen-bond donors (Lipinski definition) is 2. The number of nitrogens with one attached hydrogen (secondary N) is 1. The Hall–Kier alpha value is -4.00. The maximum atomic E-state index is 12.5. The van der Waals surface area contributed by atoms with Crippen molar-refractivity contribution in [1.82, 2.24) is 0 Å². The number of methoxy groups -OCH3 is 2. The molecule has 1 atom stereocenters.